The third-order valence-electron chi connectivity index (χ3n) is 1.90. The maximum atomic E-state index is 11.3. The molecule has 0 saturated heterocycles. The van der Waals surface area contributed by atoms with Crippen molar-refractivity contribution in [2.24, 2.45) is 5.73 Å². The number of amides is 1. The van der Waals surface area contributed by atoms with E-state index >= 15 is 0 Å². The van der Waals surface area contributed by atoms with Gasteiger partial charge in [-0.2, -0.15) is 5.10 Å². The average molecular weight is 267 g/mol. The molecule has 0 bridgehead atoms. The standard InChI is InChI=1S/C9H7BrN4O/c10-6-2-1-3-7(8(6)9(11)15)14-5-12-4-13-14/h1-5H,(H2,11,15). The van der Waals surface area contributed by atoms with E-state index in [4.69, 9.17) is 5.73 Å². The SMILES string of the molecule is NC(=O)c1c(Br)cccc1-n1cncn1. The summed E-state index contributed by atoms with van der Waals surface area (Å²) in [6, 6.07) is 5.30. The van der Waals surface area contributed by atoms with E-state index in [1.165, 1.54) is 17.3 Å². The Morgan fingerprint density at radius 3 is 2.87 bits per heavy atom. The van der Waals surface area contributed by atoms with Crippen molar-refractivity contribution in [2.45, 2.75) is 0 Å². The minimum absolute atomic E-state index is 0.392. The van der Waals surface area contributed by atoms with Gasteiger partial charge >= 0.3 is 0 Å². The lowest BCUT2D eigenvalue weighted by Crippen LogP contribution is -2.15. The Bertz CT molecular complexity index is 495. The summed E-state index contributed by atoms with van der Waals surface area (Å²) >= 11 is 3.27. The van der Waals surface area contributed by atoms with E-state index in [2.05, 4.69) is 26.0 Å². The largest absolute Gasteiger partial charge is 0.365 e. The third kappa shape index (κ3) is 1.75. The number of carbonyl (C=O) groups excluding carboxylic acids is 1. The molecule has 0 aliphatic heterocycles. The number of hydrogen-bond donors (Lipinski definition) is 1. The molecule has 2 rings (SSSR count). The number of carbonyl (C=O) groups is 1. The molecule has 6 heteroatoms. The molecule has 0 atom stereocenters. The summed E-state index contributed by atoms with van der Waals surface area (Å²) in [5.74, 6) is -0.507. The van der Waals surface area contributed by atoms with Crippen molar-refractivity contribution in [3.8, 4) is 5.69 Å². The van der Waals surface area contributed by atoms with Crippen molar-refractivity contribution in [1.82, 2.24) is 14.8 Å². The number of nitrogens with zero attached hydrogens (tertiary/aromatic N) is 3. The molecule has 0 radical (unpaired) electrons. The van der Waals surface area contributed by atoms with Crippen LogP contribution in [0.1, 0.15) is 10.4 Å². The van der Waals surface area contributed by atoms with Gasteiger partial charge in [-0.1, -0.05) is 6.07 Å². The Balaban J connectivity index is 2.66. The number of halogens is 1. The zero-order valence-corrected chi connectivity index (χ0v) is 9.18. The van der Waals surface area contributed by atoms with Crippen molar-refractivity contribution >= 4 is 21.8 Å². The van der Waals surface area contributed by atoms with E-state index < -0.39 is 5.91 Å². The fourth-order valence-electron chi connectivity index (χ4n) is 1.28. The summed E-state index contributed by atoms with van der Waals surface area (Å²) in [5.41, 5.74) is 6.29. The van der Waals surface area contributed by atoms with Gasteiger partial charge in [-0.25, -0.2) is 9.67 Å². The summed E-state index contributed by atoms with van der Waals surface area (Å²) in [7, 11) is 0. The highest BCUT2D eigenvalue weighted by molar-refractivity contribution is 9.10. The predicted octanol–water partition coefficient (Wildman–Crippen LogP) is 1.13. The molecule has 0 spiro atoms. The molecule has 0 fully saturated rings. The second-order valence-corrected chi connectivity index (χ2v) is 3.69. The van der Waals surface area contributed by atoms with Crippen LogP contribution in [0.2, 0.25) is 0 Å². The first kappa shape index (κ1) is 9.85. The van der Waals surface area contributed by atoms with Gasteiger partial charge in [-0.05, 0) is 28.1 Å². The van der Waals surface area contributed by atoms with Gasteiger partial charge in [0.25, 0.3) is 5.91 Å². The fourth-order valence-corrected chi connectivity index (χ4v) is 1.83. The van der Waals surface area contributed by atoms with Crippen LogP contribution in [0.25, 0.3) is 5.69 Å². The van der Waals surface area contributed by atoms with Gasteiger partial charge in [-0.3, -0.25) is 4.79 Å². The number of rotatable bonds is 2. The Morgan fingerprint density at radius 2 is 2.27 bits per heavy atom. The first-order valence-corrected chi connectivity index (χ1v) is 4.93. The van der Waals surface area contributed by atoms with Crippen LogP contribution < -0.4 is 5.73 Å². The highest BCUT2D eigenvalue weighted by Gasteiger charge is 2.13. The fraction of sp³-hybridized carbons (Fsp3) is 0. The number of benzene rings is 1. The lowest BCUT2D eigenvalue weighted by molar-refractivity contribution is 0.0999. The molecule has 0 aliphatic rings. The predicted molar refractivity (Wildman–Crippen MR) is 57.6 cm³/mol. The van der Waals surface area contributed by atoms with E-state index in [1.807, 2.05) is 0 Å². The first-order chi connectivity index (χ1) is 7.20. The number of nitrogens with two attached hydrogens (primary N) is 1. The molecule has 1 heterocycles. The van der Waals surface area contributed by atoms with E-state index in [0.717, 1.165) is 0 Å². The van der Waals surface area contributed by atoms with Crippen LogP contribution in [0.3, 0.4) is 0 Å². The highest BCUT2D eigenvalue weighted by Crippen LogP contribution is 2.22. The summed E-state index contributed by atoms with van der Waals surface area (Å²) in [5, 5.41) is 3.95. The molecular weight excluding hydrogens is 260 g/mol. The van der Waals surface area contributed by atoms with Gasteiger partial charge in [0.1, 0.15) is 12.7 Å². The van der Waals surface area contributed by atoms with E-state index in [9.17, 15) is 4.79 Å². The summed E-state index contributed by atoms with van der Waals surface area (Å²) in [4.78, 5) is 15.1. The zero-order chi connectivity index (χ0) is 10.8. The molecule has 0 aliphatic carbocycles. The molecule has 1 amide bonds. The Labute approximate surface area is 94.0 Å². The topological polar surface area (TPSA) is 73.8 Å². The normalized spacial score (nSPS) is 10.2. The number of primary amides is 1. The van der Waals surface area contributed by atoms with Crippen LogP contribution in [-0.4, -0.2) is 20.7 Å². The number of aromatic nitrogens is 3. The van der Waals surface area contributed by atoms with E-state index in [1.54, 1.807) is 18.2 Å². The van der Waals surface area contributed by atoms with Crippen molar-refractivity contribution in [3.63, 3.8) is 0 Å². The van der Waals surface area contributed by atoms with Gasteiger partial charge in [0.15, 0.2) is 0 Å². The molecule has 5 nitrogen and oxygen atoms in total. The molecule has 15 heavy (non-hydrogen) atoms. The van der Waals surface area contributed by atoms with Gasteiger partial charge in [0, 0.05) is 4.47 Å². The van der Waals surface area contributed by atoms with Crippen LogP contribution in [0, 0.1) is 0 Å². The van der Waals surface area contributed by atoms with Crippen LogP contribution in [-0.2, 0) is 0 Å². The van der Waals surface area contributed by atoms with Crippen molar-refractivity contribution in [1.29, 1.82) is 0 Å². The maximum absolute atomic E-state index is 11.3. The first-order valence-electron chi connectivity index (χ1n) is 4.13. The lowest BCUT2D eigenvalue weighted by atomic mass is 10.1. The minimum atomic E-state index is -0.507. The molecule has 0 unspecified atom stereocenters. The van der Waals surface area contributed by atoms with Crippen molar-refractivity contribution in [2.75, 3.05) is 0 Å². The van der Waals surface area contributed by atoms with Gasteiger partial charge < -0.3 is 5.73 Å². The second-order valence-electron chi connectivity index (χ2n) is 2.84. The Hall–Kier alpha value is -1.69. The van der Waals surface area contributed by atoms with E-state index in [-0.39, 0.29) is 0 Å². The smallest absolute Gasteiger partial charge is 0.252 e. The van der Waals surface area contributed by atoms with E-state index in [0.29, 0.717) is 15.7 Å². The average Bonchev–Trinajstić information content (AvgIpc) is 2.69. The quantitative estimate of drug-likeness (QED) is 0.886. The monoisotopic (exact) mass is 266 g/mol. The number of hydrogen-bond acceptors (Lipinski definition) is 3. The van der Waals surface area contributed by atoms with Crippen LogP contribution >= 0.6 is 15.9 Å². The van der Waals surface area contributed by atoms with Gasteiger partial charge in [0.2, 0.25) is 0 Å². The molecule has 2 N–H and O–H groups in total. The molecular formula is C9H7BrN4O. The molecule has 76 valence electrons. The van der Waals surface area contributed by atoms with Gasteiger partial charge in [-0.15, -0.1) is 0 Å². The van der Waals surface area contributed by atoms with Crippen LogP contribution in [0.5, 0.6) is 0 Å². The molecule has 0 saturated carbocycles. The summed E-state index contributed by atoms with van der Waals surface area (Å²) in [6.45, 7) is 0. The second kappa shape index (κ2) is 3.82. The van der Waals surface area contributed by atoms with Crippen LogP contribution in [0.4, 0.5) is 0 Å². The highest BCUT2D eigenvalue weighted by atomic mass is 79.9. The zero-order valence-electron chi connectivity index (χ0n) is 7.59. The van der Waals surface area contributed by atoms with Crippen molar-refractivity contribution < 1.29 is 4.79 Å². The minimum Gasteiger partial charge on any atom is -0.365 e. The van der Waals surface area contributed by atoms with Gasteiger partial charge in [0.05, 0.1) is 11.3 Å². The summed E-state index contributed by atoms with van der Waals surface area (Å²) in [6.07, 6.45) is 2.90. The van der Waals surface area contributed by atoms with Crippen LogP contribution in [0.15, 0.2) is 35.3 Å². The maximum Gasteiger partial charge on any atom is 0.252 e. The molecule has 2 aromatic rings. The Kier molecular flexibility index (Phi) is 2.51. The molecule has 1 aromatic carbocycles. The Morgan fingerprint density at radius 1 is 1.47 bits per heavy atom. The van der Waals surface area contributed by atoms with Crippen molar-refractivity contribution in [3.05, 3.63) is 40.9 Å². The third-order valence-corrected chi connectivity index (χ3v) is 2.56. The lowest BCUT2D eigenvalue weighted by Gasteiger charge is -2.07. The molecule has 1 aromatic heterocycles. The summed E-state index contributed by atoms with van der Waals surface area (Å²) < 4.78 is 2.13.